The van der Waals surface area contributed by atoms with E-state index in [2.05, 4.69) is 35.5 Å². The van der Waals surface area contributed by atoms with Gasteiger partial charge in [0.2, 0.25) is 0 Å². The minimum Gasteiger partial charge on any atom is -0.489 e. The summed E-state index contributed by atoms with van der Waals surface area (Å²) in [7, 11) is 0. The van der Waals surface area contributed by atoms with Crippen LogP contribution in [-0.4, -0.2) is 32.5 Å². The molecule has 2 heterocycles. The zero-order chi connectivity index (χ0) is 14.9. The van der Waals surface area contributed by atoms with E-state index in [0.29, 0.717) is 26.4 Å². The lowest BCUT2D eigenvalue weighted by Crippen LogP contribution is -2.43. The number of halogens is 1. The van der Waals surface area contributed by atoms with Gasteiger partial charge >= 0.3 is 0 Å². The Hall–Kier alpha value is -0.840. The molecule has 0 saturated carbocycles. The summed E-state index contributed by atoms with van der Waals surface area (Å²) in [6.45, 7) is 9.34. The Morgan fingerprint density at radius 3 is 2.76 bits per heavy atom. The molecule has 114 valence electrons. The van der Waals surface area contributed by atoms with Gasteiger partial charge in [0.05, 0.1) is 19.8 Å². The fourth-order valence-corrected chi connectivity index (χ4v) is 3.47. The molecule has 1 aromatic rings. The van der Waals surface area contributed by atoms with E-state index in [4.69, 9.17) is 14.2 Å². The van der Waals surface area contributed by atoms with Gasteiger partial charge in [0.25, 0.3) is 0 Å². The third-order valence-electron chi connectivity index (χ3n) is 4.60. The Balaban J connectivity index is 1.95. The second kappa shape index (κ2) is 6.11. The van der Waals surface area contributed by atoms with Crippen LogP contribution < -0.4 is 4.74 Å². The van der Waals surface area contributed by atoms with E-state index in [1.165, 1.54) is 0 Å². The second-order valence-electron chi connectivity index (χ2n) is 5.91. The molecule has 0 aliphatic carbocycles. The van der Waals surface area contributed by atoms with Crippen LogP contribution in [-0.2, 0) is 9.47 Å². The van der Waals surface area contributed by atoms with Crippen LogP contribution in [0.2, 0.25) is 0 Å². The van der Waals surface area contributed by atoms with Crippen molar-refractivity contribution >= 4 is 21.5 Å². The van der Waals surface area contributed by atoms with E-state index in [1.54, 1.807) is 0 Å². The molecule has 0 bridgehead atoms. The Kier molecular flexibility index (Phi) is 4.38. The molecule has 1 fully saturated rings. The van der Waals surface area contributed by atoms with Crippen LogP contribution >= 0.6 is 15.9 Å². The maximum absolute atomic E-state index is 6.28. The van der Waals surface area contributed by atoms with Crippen LogP contribution in [0.5, 0.6) is 5.75 Å². The van der Waals surface area contributed by atoms with Gasteiger partial charge in [-0.15, -0.1) is 0 Å². The number of ether oxygens (including phenoxy) is 3. The van der Waals surface area contributed by atoms with Gasteiger partial charge in [-0.1, -0.05) is 29.4 Å². The topological polar surface area (TPSA) is 27.7 Å². The van der Waals surface area contributed by atoms with Crippen molar-refractivity contribution in [1.29, 1.82) is 0 Å². The van der Waals surface area contributed by atoms with E-state index < -0.39 is 0 Å². The summed E-state index contributed by atoms with van der Waals surface area (Å²) < 4.78 is 18.6. The highest BCUT2D eigenvalue weighted by Gasteiger charge is 2.43. The first-order valence-electron chi connectivity index (χ1n) is 7.43. The molecule has 3 rings (SSSR count). The molecular weight excluding hydrogens is 332 g/mol. The maximum Gasteiger partial charge on any atom is 0.127 e. The summed E-state index contributed by atoms with van der Waals surface area (Å²) in [6, 6.07) is 6.12. The summed E-state index contributed by atoms with van der Waals surface area (Å²) in [5, 5.41) is 0. The van der Waals surface area contributed by atoms with Crippen molar-refractivity contribution in [2.45, 2.75) is 25.9 Å². The third-order valence-corrected chi connectivity index (χ3v) is 5.09. The quantitative estimate of drug-likeness (QED) is 0.704. The van der Waals surface area contributed by atoms with Gasteiger partial charge in [-0.3, -0.25) is 0 Å². The first-order chi connectivity index (χ1) is 10.1. The van der Waals surface area contributed by atoms with Crippen LogP contribution in [0.3, 0.4) is 0 Å². The van der Waals surface area contributed by atoms with E-state index in [0.717, 1.165) is 34.2 Å². The zero-order valence-corrected chi connectivity index (χ0v) is 13.9. The Morgan fingerprint density at radius 2 is 1.95 bits per heavy atom. The lowest BCUT2D eigenvalue weighted by Gasteiger charge is -2.44. The van der Waals surface area contributed by atoms with Crippen molar-refractivity contribution in [3.63, 3.8) is 0 Å². The zero-order valence-electron chi connectivity index (χ0n) is 12.4. The minimum atomic E-state index is -0.117. The molecule has 2 atom stereocenters. The van der Waals surface area contributed by atoms with Gasteiger partial charge in [-0.2, -0.15) is 0 Å². The molecule has 1 aromatic carbocycles. The first-order valence-corrected chi connectivity index (χ1v) is 8.22. The van der Waals surface area contributed by atoms with Gasteiger partial charge < -0.3 is 14.2 Å². The van der Waals surface area contributed by atoms with E-state index in [1.807, 2.05) is 12.1 Å². The van der Waals surface area contributed by atoms with Crippen LogP contribution in [0.25, 0.3) is 5.57 Å². The van der Waals surface area contributed by atoms with Crippen LogP contribution in [0.15, 0.2) is 29.3 Å². The summed E-state index contributed by atoms with van der Waals surface area (Å²) >= 11 is 3.53. The molecule has 1 saturated heterocycles. The molecular formula is C17H21BrO3. The highest BCUT2D eigenvalue weighted by atomic mass is 79.9. The van der Waals surface area contributed by atoms with E-state index in [-0.39, 0.29) is 11.5 Å². The molecule has 2 unspecified atom stereocenters. The Labute approximate surface area is 134 Å². The standard InChI is InChI=1S/C17H21BrO3/c1-12-14-11-13(18)3-4-15(14)21-16-5-7-19-9-10-20-8-6-17(12,16)2/h3-4,11,16H,1,5-10H2,2H3. The van der Waals surface area contributed by atoms with Crippen molar-refractivity contribution in [1.82, 2.24) is 0 Å². The fourth-order valence-electron chi connectivity index (χ4n) is 3.11. The van der Waals surface area contributed by atoms with Gasteiger partial charge in [0.1, 0.15) is 11.9 Å². The highest BCUT2D eigenvalue weighted by molar-refractivity contribution is 9.10. The van der Waals surface area contributed by atoms with Crippen molar-refractivity contribution in [2.24, 2.45) is 5.41 Å². The molecule has 0 N–H and O–H groups in total. The van der Waals surface area contributed by atoms with Crippen molar-refractivity contribution in [3.8, 4) is 5.75 Å². The lowest BCUT2D eigenvalue weighted by molar-refractivity contribution is -0.0173. The van der Waals surface area contributed by atoms with Crippen LogP contribution in [0.4, 0.5) is 0 Å². The predicted molar refractivity (Wildman–Crippen MR) is 86.6 cm³/mol. The number of benzene rings is 1. The van der Waals surface area contributed by atoms with Crippen molar-refractivity contribution in [3.05, 3.63) is 34.8 Å². The molecule has 4 heteroatoms. The molecule has 21 heavy (non-hydrogen) atoms. The average Bonchev–Trinajstić information content (AvgIpc) is 2.48. The predicted octanol–water partition coefficient (Wildman–Crippen LogP) is 4.06. The number of hydrogen-bond acceptors (Lipinski definition) is 3. The molecule has 0 aromatic heterocycles. The monoisotopic (exact) mass is 352 g/mol. The SMILES string of the molecule is C=C1c2cc(Br)ccc2OC2CCOCCOCCC12C. The lowest BCUT2D eigenvalue weighted by atomic mass is 9.70. The van der Waals surface area contributed by atoms with E-state index in [9.17, 15) is 0 Å². The normalized spacial score (nSPS) is 30.0. The summed E-state index contributed by atoms with van der Waals surface area (Å²) in [5.74, 6) is 0.920. The third kappa shape index (κ3) is 2.89. The number of fused-ring (bicyclic) bond motifs is 2. The average molecular weight is 353 g/mol. The fraction of sp³-hybridized carbons (Fsp3) is 0.529. The first kappa shape index (κ1) is 15.1. The second-order valence-corrected chi connectivity index (χ2v) is 6.82. The highest BCUT2D eigenvalue weighted by Crippen LogP contribution is 2.50. The Bertz CT molecular complexity index is 543. The Morgan fingerprint density at radius 1 is 1.19 bits per heavy atom. The van der Waals surface area contributed by atoms with Crippen molar-refractivity contribution in [2.75, 3.05) is 26.4 Å². The summed E-state index contributed by atoms with van der Waals surface area (Å²) in [6.07, 6.45) is 1.88. The minimum absolute atomic E-state index is 0.0837. The van der Waals surface area contributed by atoms with Crippen LogP contribution in [0, 0.1) is 5.41 Å². The van der Waals surface area contributed by atoms with Crippen molar-refractivity contribution < 1.29 is 14.2 Å². The maximum atomic E-state index is 6.28. The number of hydrogen-bond donors (Lipinski definition) is 0. The number of rotatable bonds is 0. The van der Waals surface area contributed by atoms with Gasteiger partial charge in [0, 0.05) is 28.5 Å². The smallest absolute Gasteiger partial charge is 0.127 e. The largest absolute Gasteiger partial charge is 0.489 e. The molecule has 0 spiro atoms. The van der Waals surface area contributed by atoms with Crippen LogP contribution in [0.1, 0.15) is 25.3 Å². The summed E-state index contributed by atoms with van der Waals surface area (Å²) in [4.78, 5) is 0. The summed E-state index contributed by atoms with van der Waals surface area (Å²) in [5.41, 5.74) is 2.12. The van der Waals surface area contributed by atoms with Gasteiger partial charge in [0.15, 0.2) is 0 Å². The molecule has 3 nitrogen and oxygen atoms in total. The van der Waals surface area contributed by atoms with E-state index >= 15 is 0 Å². The van der Waals surface area contributed by atoms with Gasteiger partial charge in [-0.25, -0.2) is 0 Å². The van der Waals surface area contributed by atoms with Gasteiger partial charge in [-0.05, 0) is 30.2 Å². The molecule has 2 aliphatic heterocycles. The molecule has 0 radical (unpaired) electrons. The molecule has 2 aliphatic rings. The molecule has 0 amide bonds.